The topological polar surface area (TPSA) is 32.3 Å². The van der Waals surface area contributed by atoms with Crippen molar-refractivity contribution in [2.75, 3.05) is 20.1 Å². The fourth-order valence-electron chi connectivity index (χ4n) is 3.25. The summed E-state index contributed by atoms with van der Waals surface area (Å²) < 4.78 is 0. The van der Waals surface area contributed by atoms with Crippen molar-refractivity contribution < 1.29 is 4.79 Å². The van der Waals surface area contributed by atoms with Crippen molar-refractivity contribution in [2.24, 2.45) is 5.92 Å². The van der Waals surface area contributed by atoms with Crippen LogP contribution in [-0.2, 0) is 4.79 Å². The van der Waals surface area contributed by atoms with Gasteiger partial charge in [0.15, 0.2) is 0 Å². The lowest BCUT2D eigenvalue weighted by Crippen LogP contribution is -2.44. The summed E-state index contributed by atoms with van der Waals surface area (Å²) in [5, 5.41) is 4.58. The van der Waals surface area contributed by atoms with E-state index in [1.807, 2.05) is 24.1 Å². The van der Waals surface area contributed by atoms with Crippen LogP contribution in [0.1, 0.15) is 30.7 Å². The first-order chi connectivity index (χ1) is 10.1. The summed E-state index contributed by atoms with van der Waals surface area (Å²) in [6, 6.07) is 6.14. The molecular weight excluding hydrogens is 343 g/mol. The SMILES string of the molecule is CNC1CCN(C(=O)C2CC2c2cc(Cl)cc(Cl)c2)CC1.Cl. The molecule has 2 fully saturated rings. The van der Waals surface area contributed by atoms with Crippen molar-refractivity contribution in [3.8, 4) is 0 Å². The van der Waals surface area contributed by atoms with Crippen molar-refractivity contribution >= 4 is 41.5 Å². The van der Waals surface area contributed by atoms with Gasteiger partial charge in [-0.1, -0.05) is 23.2 Å². The van der Waals surface area contributed by atoms with E-state index in [2.05, 4.69) is 5.32 Å². The Morgan fingerprint density at radius 2 is 1.77 bits per heavy atom. The Morgan fingerprint density at radius 3 is 2.32 bits per heavy atom. The van der Waals surface area contributed by atoms with E-state index in [1.54, 1.807) is 6.07 Å². The predicted molar refractivity (Wildman–Crippen MR) is 93.2 cm³/mol. The van der Waals surface area contributed by atoms with Gasteiger partial charge in [0.25, 0.3) is 0 Å². The average molecular weight is 364 g/mol. The van der Waals surface area contributed by atoms with E-state index in [0.717, 1.165) is 37.9 Å². The molecule has 1 N–H and O–H groups in total. The molecule has 1 aliphatic heterocycles. The third-order valence-electron chi connectivity index (χ3n) is 4.64. The maximum Gasteiger partial charge on any atom is 0.226 e. The van der Waals surface area contributed by atoms with Gasteiger partial charge in [-0.05, 0) is 56.0 Å². The van der Waals surface area contributed by atoms with Gasteiger partial charge < -0.3 is 10.2 Å². The number of likely N-dealkylation sites (tertiary alicyclic amines) is 1. The molecule has 2 atom stereocenters. The molecule has 2 unspecified atom stereocenters. The van der Waals surface area contributed by atoms with Crippen LogP contribution in [0.2, 0.25) is 10.0 Å². The summed E-state index contributed by atoms with van der Waals surface area (Å²) in [7, 11) is 1.99. The van der Waals surface area contributed by atoms with E-state index in [-0.39, 0.29) is 24.2 Å². The van der Waals surface area contributed by atoms with E-state index < -0.39 is 0 Å². The first-order valence-electron chi connectivity index (χ1n) is 7.50. The zero-order valence-corrected chi connectivity index (χ0v) is 14.8. The fourth-order valence-corrected chi connectivity index (χ4v) is 3.79. The molecule has 3 nitrogen and oxygen atoms in total. The monoisotopic (exact) mass is 362 g/mol. The van der Waals surface area contributed by atoms with Crippen LogP contribution >= 0.6 is 35.6 Å². The maximum absolute atomic E-state index is 12.5. The Labute approximate surface area is 147 Å². The summed E-state index contributed by atoms with van der Waals surface area (Å²) in [5.41, 5.74) is 1.09. The molecule has 1 amide bonds. The van der Waals surface area contributed by atoms with E-state index in [1.165, 1.54) is 0 Å². The number of nitrogens with zero attached hydrogens (tertiary/aromatic N) is 1. The Morgan fingerprint density at radius 1 is 1.18 bits per heavy atom. The Kier molecular flexibility index (Phi) is 6.00. The van der Waals surface area contributed by atoms with E-state index in [4.69, 9.17) is 23.2 Å². The normalized spacial score (nSPS) is 24.8. The van der Waals surface area contributed by atoms with Gasteiger partial charge in [0, 0.05) is 35.1 Å². The van der Waals surface area contributed by atoms with Crippen LogP contribution in [0.3, 0.4) is 0 Å². The average Bonchev–Trinajstić information content (AvgIpc) is 3.26. The van der Waals surface area contributed by atoms with Crippen LogP contribution in [0.25, 0.3) is 0 Å². The standard InChI is InChI=1S/C16H20Cl2N2O.ClH/c1-19-13-2-4-20(5-3-13)16(21)15-9-14(15)10-6-11(17)8-12(18)7-10;/h6-8,13-15,19H,2-5,9H2,1H3;1H. The molecular formula is C16H21Cl3N2O. The van der Waals surface area contributed by atoms with Crippen LogP contribution in [0.4, 0.5) is 0 Å². The number of carbonyl (C=O) groups is 1. The quantitative estimate of drug-likeness (QED) is 0.887. The van der Waals surface area contributed by atoms with Gasteiger partial charge in [-0.25, -0.2) is 0 Å². The van der Waals surface area contributed by atoms with Crippen molar-refractivity contribution in [1.82, 2.24) is 10.2 Å². The minimum atomic E-state index is 0. The molecule has 3 rings (SSSR count). The summed E-state index contributed by atoms with van der Waals surface area (Å²) in [6.07, 6.45) is 3.01. The number of carbonyl (C=O) groups excluding carboxylic acids is 1. The van der Waals surface area contributed by atoms with E-state index in [9.17, 15) is 4.79 Å². The summed E-state index contributed by atoms with van der Waals surface area (Å²) in [6.45, 7) is 1.73. The van der Waals surface area contributed by atoms with Crippen LogP contribution in [0.15, 0.2) is 18.2 Å². The van der Waals surface area contributed by atoms with E-state index >= 15 is 0 Å². The number of rotatable bonds is 3. The van der Waals surface area contributed by atoms with Crippen molar-refractivity contribution in [3.05, 3.63) is 33.8 Å². The highest BCUT2D eigenvalue weighted by molar-refractivity contribution is 6.34. The second-order valence-corrected chi connectivity index (χ2v) is 6.91. The molecule has 122 valence electrons. The molecule has 1 saturated carbocycles. The molecule has 2 aliphatic rings. The molecule has 0 spiro atoms. The highest BCUT2D eigenvalue weighted by Gasteiger charge is 2.46. The molecule has 1 heterocycles. The zero-order valence-electron chi connectivity index (χ0n) is 12.5. The summed E-state index contributed by atoms with van der Waals surface area (Å²) >= 11 is 12.1. The predicted octanol–water partition coefficient (Wildman–Crippen LogP) is 3.73. The number of benzene rings is 1. The van der Waals surface area contributed by atoms with Crippen LogP contribution in [0, 0.1) is 5.92 Å². The fraction of sp³-hybridized carbons (Fsp3) is 0.562. The number of piperidine rings is 1. The number of amides is 1. The van der Waals surface area contributed by atoms with Crippen LogP contribution in [-0.4, -0.2) is 37.0 Å². The van der Waals surface area contributed by atoms with Crippen molar-refractivity contribution in [2.45, 2.75) is 31.2 Å². The van der Waals surface area contributed by atoms with Gasteiger partial charge in [0.1, 0.15) is 0 Å². The second kappa shape index (κ2) is 7.39. The molecule has 22 heavy (non-hydrogen) atoms. The third kappa shape index (κ3) is 3.88. The highest BCUT2D eigenvalue weighted by atomic mass is 35.5. The molecule has 0 aromatic heterocycles. The van der Waals surface area contributed by atoms with Crippen LogP contribution in [0.5, 0.6) is 0 Å². The van der Waals surface area contributed by atoms with Gasteiger partial charge >= 0.3 is 0 Å². The minimum Gasteiger partial charge on any atom is -0.342 e. The zero-order chi connectivity index (χ0) is 15.0. The van der Waals surface area contributed by atoms with Crippen molar-refractivity contribution in [1.29, 1.82) is 0 Å². The Balaban J connectivity index is 0.00000176. The van der Waals surface area contributed by atoms with Gasteiger partial charge in [-0.2, -0.15) is 0 Å². The molecule has 0 bridgehead atoms. The molecule has 1 saturated heterocycles. The summed E-state index contributed by atoms with van der Waals surface area (Å²) in [5.74, 6) is 0.701. The number of hydrogen-bond acceptors (Lipinski definition) is 2. The van der Waals surface area contributed by atoms with Gasteiger partial charge in [-0.15, -0.1) is 12.4 Å². The lowest BCUT2D eigenvalue weighted by molar-refractivity contribution is -0.133. The highest BCUT2D eigenvalue weighted by Crippen LogP contribution is 2.49. The van der Waals surface area contributed by atoms with E-state index in [0.29, 0.717) is 22.0 Å². The van der Waals surface area contributed by atoms with Gasteiger partial charge in [-0.3, -0.25) is 4.79 Å². The smallest absolute Gasteiger partial charge is 0.226 e. The number of halogens is 3. The first-order valence-corrected chi connectivity index (χ1v) is 8.26. The molecule has 0 radical (unpaired) electrons. The summed E-state index contributed by atoms with van der Waals surface area (Å²) in [4.78, 5) is 14.6. The Hall–Kier alpha value is -0.480. The van der Waals surface area contributed by atoms with Gasteiger partial charge in [0.05, 0.1) is 0 Å². The Bertz CT molecular complexity index is 524. The molecule has 1 aliphatic carbocycles. The largest absolute Gasteiger partial charge is 0.342 e. The number of hydrogen-bond donors (Lipinski definition) is 1. The second-order valence-electron chi connectivity index (χ2n) is 6.04. The van der Waals surface area contributed by atoms with Gasteiger partial charge in [0.2, 0.25) is 5.91 Å². The minimum absolute atomic E-state index is 0. The van der Waals surface area contributed by atoms with Crippen molar-refractivity contribution in [3.63, 3.8) is 0 Å². The molecule has 1 aromatic rings. The lowest BCUT2D eigenvalue weighted by Gasteiger charge is -2.32. The lowest BCUT2D eigenvalue weighted by atomic mass is 10.0. The maximum atomic E-state index is 12.5. The number of nitrogens with one attached hydrogen (secondary N) is 1. The molecule has 1 aromatic carbocycles. The first kappa shape index (κ1) is 17.9. The van der Waals surface area contributed by atoms with Crippen LogP contribution < -0.4 is 5.32 Å². The third-order valence-corrected chi connectivity index (χ3v) is 5.07. The molecule has 6 heteroatoms.